The van der Waals surface area contributed by atoms with E-state index in [1.807, 2.05) is 0 Å². The quantitative estimate of drug-likeness (QED) is 0.832. The Morgan fingerprint density at radius 3 is 2.81 bits per heavy atom. The second kappa shape index (κ2) is 5.67. The molecule has 0 aliphatic rings. The average molecular weight is 290 g/mol. The molecule has 0 spiro atoms. The number of rotatable bonds is 4. The normalized spacial score (nSPS) is 9.94. The van der Waals surface area contributed by atoms with Crippen LogP contribution in [0.5, 0.6) is 5.88 Å². The summed E-state index contributed by atoms with van der Waals surface area (Å²) < 4.78 is 5.01. The molecule has 1 aromatic heterocycles. The first-order valence-electron chi connectivity index (χ1n) is 4.46. The van der Waals surface area contributed by atoms with E-state index in [-0.39, 0.29) is 5.95 Å². The molecule has 0 saturated heterocycles. The van der Waals surface area contributed by atoms with E-state index in [0.717, 1.165) is 15.9 Å². The molecule has 0 fully saturated rings. The summed E-state index contributed by atoms with van der Waals surface area (Å²) in [5, 5.41) is 9.65. The number of nitrogens with zero attached hydrogens (tertiary/aromatic N) is 3. The van der Waals surface area contributed by atoms with Crippen LogP contribution in [0.4, 0.5) is 10.7 Å². The molecule has 0 bridgehead atoms. The fourth-order valence-corrected chi connectivity index (χ4v) is 1.95. The average Bonchev–Trinajstić information content (AvgIpc) is 2.27. The van der Waals surface area contributed by atoms with Gasteiger partial charge < -0.3 is 0 Å². The molecular formula is C9H13N3O3Se. The summed E-state index contributed by atoms with van der Waals surface area (Å²) in [7, 11) is 2.89. The van der Waals surface area contributed by atoms with Crippen molar-refractivity contribution in [2.75, 3.05) is 19.1 Å². The van der Waals surface area contributed by atoms with Gasteiger partial charge in [0, 0.05) is 0 Å². The summed E-state index contributed by atoms with van der Waals surface area (Å²) in [6.07, 6.45) is -1.10. The molecule has 0 aliphatic carbocycles. The van der Waals surface area contributed by atoms with Gasteiger partial charge in [0.25, 0.3) is 0 Å². The maximum atomic E-state index is 10.8. The monoisotopic (exact) mass is 291 g/mol. The van der Waals surface area contributed by atoms with Gasteiger partial charge in [0.1, 0.15) is 0 Å². The molecule has 1 heterocycles. The number of carboxylic acid groups (broad SMARTS) is 1. The Morgan fingerprint density at radius 1 is 1.62 bits per heavy atom. The number of amides is 1. The molecule has 6 nitrogen and oxygen atoms in total. The first-order chi connectivity index (χ1) is 7.58. The third-order valence-electron chi connectivity index (χ3n) is 1.83. The van der Waals surface area contributed by atoms with Gasteiger partial charge in [-0.1, -0.05) is 0 Å². The van der Waals surface area contributed by atoms with Crippen LogP contribution in [0.3, 0.4) is 0 Å². The van der Waals surface area contributed by atoms with E-state index < -0.39 is 6.09 Å². The molecule has 0 saturated carbocycles. The van der Waals surface area contributed by atoms with Crippen molar-refractivity contribution < 1.29 is 14.6 Å². The molecule has 16 heavy (non-hydrogen) atoms. The predicted molar refractivity (Wildman–Crippen MR) is 60.3 cm³/mol. The minimum absolute atomic E-state index is 0.145. The third-order valence-corrected chi connectivity index (χ3v) is 3.06. The summed E-state index contributed by atoms with van der Waals surface area (Å²) in [6.45, 7) is 0. The fourth-order valence-electron chi connectivity index (χ4n) is 1.02. The van der Waals surface area contributed by atoms with Gasteiger partial charge in [0.15, 0.2) is 0 Å². The topological polar surface area (TPSA) is 75.5 Å². The van der Waals surface area contributed by atoms with Crippen LogP contribution in [-0.2, 0) is 5.32 Å². The Labute approximate surface area is 99.8 Å². The molecule has 88 valence electrons. The molecule has 0 radical (unpaired) electrons. The van der Waals surface area contributed by atoms with Crippen molar-refractivity contribution in [1.29, 1.82) is 0 Å². The molecule has 7 heteroatoms. The van der Waals surface area contributed by atoms with Crippen molar-refractivity contribution in [1.82, 2.24) is 9.97 Å². The van der Waals surface area contributed by atoms with E-state index in [9.17, 15) is 4.79 Å². The summed E-state index contributed by atoms with van der Waals surface area (Å²) in [5.74, 6) is 2.62. The molecule has 0 aliphatic heterocycles. The third kappa shape index (κ3) is 3.08. The van der Waals surface area contributed by atoms with Gasteiger partial charge in [-0.3, -0.25) is 0 Å². The zero-order valence-electron chi connectivity index (χ0n) is 9.30. The molecule has 1 rings (SSSR count). The van der Waals surface area contributed by atoms with Crippen LogP contribution < -0.4 is 9.64 Å². The van der Waals surface area contributed by atoms with Crippen LogP contribution in [0.15, 0.2) is 6.07 Å². The number of hydrogen-bond acceptors (Lipinski definition) is 4. The summed E-state index contributed by atoms with van der Waals surface area (Å²) in [4.78, 5) is 19.9. The summed E-state index contributed by atoms with van der Waals surface area (Å²) in [6, 6.07) is 1.73. The minimum atomic E-state index is -1.10. The van der Waals surface area contributed by atoms with Gasteiger partial charge in [-0.05, 0) is 0 Å². The molecule has 0 unspecified atom stereocenters. The molecule has 1 N–H and O–H groups in total. The number of aromatic nitrogens is 2. The summed E-state index contributed by atoms with van der Waals surface area (Å²) in [5.41, 5.74) is 0.803. The van der Waals surface area contributed by atoms with Crippen molar-refractivity contribution in [2.45, 2.75) is 11.1 Å². The Hall–Kier alpha value is -1.33. The van der Waals surface area contributed by atoms with Crippen LogP contribution in [0.25, 0.3) is 0 Å². The molecule has 0 atom stereocenters. The van der Waals surface area contributed by atoms with Crippen LogP contribution in [0.2, 0.25) is 5.82 Å². The van der Waals surface area contributed by atoms with E-state index in [1.165, 1.54) is 14.2 Å². The predicted octanol–water partition coefficient (Wildman–Crippen LogP) is 0.852. The SMILES string of the molecule is COc1cc(C[Se]C)nc(N(C)C(=O)O)n1. The summed E-state index contributed by atoms with van der Waals surface area (Å²) >= 11 is 0.429. The Morgan fingerprint density at radius 2 is 2.31 bits per heavy atom. The zero-order chi connectivity index (χ0) is 12.1. The van der Waals surface area contributed by atoms with Gasteiger partial charge >= 0.3 is 99.4 Å². The number of hydrogen-bond donors (Lipinski definition) is 1. The van der Waals surface area contributed by atoms with E-state index in [4.69, 9.17) is 9.84 Å². The molecule has 1 aromatic rings. The Bertz CT molecular complexity index is 386. The number of methoxy groups -OCH3 is 1. The van der Waals surface area contributed by atoms with Crippen molar-refractivity contribution in [3.8, 4) is 5.88 Å². The van der Waals surface area contributed by atoms with E-state index in [2.05, 4.69) is 15.8 Å². The Balaban J connectivity index is 3.08. The Kier molecular flexibility index (Phi) is 4.51. The van der Waals surface area contributed by atoms with Gasteiger partial charge in [-0.25, -0.2) is 0 Å². The second-order valence-corrected chi connectivity index (χ2v) is 4.79. The van der Waals surface area contributed by atoms with Crippen LogP contribution in [0.1, 0.15) is 5.69 Å². The van der Waals surface area contributed by atoms with Crippen LogP contribution in [0, 0.1) is 0 Å². The van der Waals surface area contributed by atoms with Crippen molar-refractivity contribution >= 4 is 27.0 Å². The van der Waals surface area contributed by atoms with Gasteiger partial charge in [0.05, 0.1) is 0 Å². The first kappa shape index (κ1) is 12.7. The molecule has 1 amide bonds. The number of ether oxygens (including phenoxy) is 1. The van der Waals surface area contributed by atoms with Crippen LogP contribution >= 0.6 is 0 Å². The van der Waals surface area contributed by atoms with Crippen LogP contribution in [-0.4, -0.2) is 50.3 Å². The fraction of sp³-hybridized carbons (Fsp3) is 0.444. The van der Waals surface area contributed by atoms with E-state index in [1.54, 1.807) is 6.07 Å². The van der Waals surface area contributed by atoms with E-state index in [0.29, 0.717) is 20.8 Å². The van der Waals surface area contributed by atoms with Gasteiger partial charge in [0.2, 0.25) is 0 Å². The van der Waals surface area contributed by atoms with Gasteiger partial charge in [-0.2, -0.15) is 0 Å². The standard InChI is InChI=1S/C9H13N3O3Se/c1-12(9(13)14)8-10-6(5-16-3)4-7(11-8)15-2/h4H,5H2,1-3H3,(H,13,14). The first-order valence-corrected chi connectivity index (χ1v) is 7.38. The van der Waals surface area contributed by atoms with Crippen molar-refractivity contribution in [3.05, 3.63) is 11.8 Å². The van der Waals surface area contributed by atoms with Crippen molar-refractivity contribution in [3.63, 3.8) is 0 Å². The van der Waals surface area contributed by atoms with Crippen molar-refractivity contribution in [2.24, 2.45) is 0 Å². The molecular weight excluding hydrogens is 277 g/mol. The number of carbonyl (C=O) groups is 1. The molecule has 0 aromatic carbocycles. The maximum absolute atomic E-state index is 10.8. The number of anilines is 1. The second-order valence-electron chi connectivity index (χ2n) is 2.98. The van der Waals surface area contributed by atoms with E-state index >= 15 is 0 Å². The van der Waals surface area contributed by atoms with Gasteiger partial charge in [-0.15, -0.1) is 0 Å². The zero-order valence-corrected chi connectivity index (χ0v) is 11.0.